The van der Waals surface area contributed by atoms with E-state index in [4.69, 9.17) is 26.8 Å². The molecule has 0 radical (unpaired) electrons. The summed E-state index contributed by atoms with van der Waals surface area (Å²) in [5.74, 6) is 1.84. The Morgan fingerprint density at radius 3 is 2.42 bits per heavy atom. The van der Waals surface area contributed by atoms with E-state index in [9.17, 15) is 0 Å². The Kier molecular flexibility index (Phi) is 4.26. The van der Waals surface area contributed by atoms with Crippen LogP contribution in [0.25, 0.3) is 0 Å². The van der Waals surface area contributed by atoms with Crippen LogP contribution in [0.15, 0.2) is 12.1 Å². The third kappa shape index (κ3) is 3.34. The van der Waals surface area contributed by atoms with E-state index in [0.717, 1.165) is 28.5 Å². The van der Waals surface area contributed by atoms with E-state index < -0.39 is 0 Å². The quantitative estimate of drug-likeness (QED) is 0.922. The van der Waals surface area contributed by atoms with Crippen molar-refractivity contribution in [2.75, 3.05) is 19.8 Å². The van der Waals surface area contributed by atoms with E-state index in [1.54, 1.807) is 0 Å². The molecule has 0 spiro atoms. The summed E-state index contributed by atoms with van der Waals surface area (Å²) in [6, 6.07) is 3.86. The molecule has 2 N–H and O–H groups in total. The molecule has 2 rings (SSSR count). The van der Waals surface area contributed by atoms with Crippen LogP contribution in [0.4, 0.5) is 0 Å². The fourth-order valence-corrected chi connectivity index (χ4v) is 2.49. The second-order valence-corrected chi connectivity index (χ2v) is 6.45. The van der Waals surface area contributed by atoms with Crippen LogP contribution in [0, 0.1) is 5.41 Å². The highest BCUT2D eigenvalue weighted by atomic mass is 35.5. The number of ether oxygens (including phenoxy) is 2. The second kappa shape index (κ2) is 5.59. The van der Waals surface area contributed by atoms with E-state index in [2.05, 4.69) is 20.8 Å². The normalized spacial score (nSPS) is 18.8. The van der Waals surface area contributed by atoms with E-state index in [1.165, 1.54) is 0 Å². The van der Waals surface area contributed by atoms with Gasteiger partial charge in [-0.2, -0.15) is 0 Å². The molecule has 4 heteroatoms. The summed E-state index contributed by atoms with van der Waals surface area (Å²) in [6.45, 7) is 8.30. The van der Waals surface area contributed by atoms with Gasteiger partial charge in [-0.25, -0.2) is 0 Å². The summed E-state index contributed by atoms with van der Waals surface area (Å²) in [7, 11) is 0. The van der Waals surface area contributed by atoms with Gasteiger partial charge in [0.2, 0.25) is 0 Å². The fraction of sp³-hybridized carbons (Fsp3) is 0.600. The van der Waals surface area contributed by atoms with Crippen molar-refractivity contribution in [3.05, 3.63) is 22.7 Å². The first kappa shape index (κ1) is 14.5. The molecular formula is C15H22ClNO2. The van der Waals surface area contributed by atoms with Gasteiger partial charge < -0.3 is 15.2 Å². The van der Waals surface area contributed by atoms with Gasteiger partial charge in [-0.3, -0.25) is 0 Å². The first-order chi connectivity index (χ1) is 8.93. The smallest absolute Gasteiger partial charge is 0.162 e. The molecule has 0 amide bonds. The van der Waals surface area contributed by atoms with Gasteiger partial charge in [0, 0.05) is 16.5 Å². The molecule has 3 nitrogen and oxygen atoms in total. The molecule has 0 aromatic heterocycles. The van der Waals surface area contributed by atoms with Crippen molar-refractivity contribution in [2.24, 2.45) is 11.1 Å². The van der Waals surface area contributed by atoms with E-state index in [-0.39, 0.29) is 5.41 Å². The van der Waals surface area contributed by atoms with Crippen molar-refractivity contribution in [3.8, 4) is 11.5 Å². The van der Waals surface area contributed by atoms with Crippen molar-refractivity contribution in [2.45, 2.75) is 33.1 Å². The number of rotatable bonds is 3. The van der Waals surface area contributed by atoms with Crippen LogP contribution < -0.4 is 15.2 Å². The Hall–Kier alpha value is -0.930. The highest BCUT2D eigenvalue weighted by molar-refractivity contribution is 6.31. The average Bonchev–Trinajstić information content (AvgIpc) is 2.48. The maximum atomic E-state index is 6.34. The van der Waals surface area contributed by atoms with Crippen molar-refractivity contribution < 1.29 is 9.47 Å². The number of hydrogen-bond acceptors (Lipinski definition) is 3. The first-order valence-corrected chi connectivity index (χ1v) is 7.10. The van der Waals surface area contributed by atoms with E-state index >= 15 is 0 Å². The summed E-state index contributed by atoms with van der Waals surface area (Å²) in [6.07, 6.45) is 0.908. The molecule has 0 aliphatic carbocycles. The van der Waals surface area contributed by atoms with Gasteiger partial charge in [-0.1, -0.05) is 32.4 Å². The minimum atomic E-state index is 0.00847. The largest absolute Gasteiger partial charge is 0.489 e. The van der Waals surface area contributed by atoms with E-state index in [1.807, 2.05) is 12.1 Å². The van der Waals surface area contributed by atoms with Crippen LogP contribution in [0.5, 0.6) is 11.5 Å². The van der Waals surface area contributed by atoms with Gasteiger partial charge in [-0.05, 0) is 30.5 Å². The van der Waals surface area contributed by atoms with Crippen LogP contribution in [0.3, 0.4) is 0 Å². The van der Waals surface area contributed by atoms with Crippen LogP contribution >= 0.6 is 11.6 Å². The van der Waals surface area contributed by atoms with Gasteiger partial charge in [0.05, 0.1) is 13.2 Å². The number of benzene rings is 1. The first-order valence-electron chi connectivity index (χ1n) is 6.72. The minimum absolute atomic E-state index is 0.00847. The lowest BCUT2D eigenvalue weighted by Gasteiger charge is -2.19. The number of fused-ring (bicyclic) bond motifs is 1. The molecule has 1 atom stereocenters. The molecule has 19 heavy (non-hydrogen) atoms. The molecule has 1 aromatic carbocycles. The number of nitrogens with two attached hydrogens (primary N) is 1. The molecule has 106 valence electrons. The number of hydrogen-bond donors (Lipinski definition) is 1. The van der Waals surface area contributed by atoms with Crippen LogP contribution in [0.2, 0.25) is 5.02 Å². The topological polar surface area (TPSA) is 44.5 Å². The Balaban J connectivity index is 2.31. The molecule has 1 aliphatic heterocycles. The molecule has 1 aliphatic rings. The summed E-state index contributed by atoms with van der Waals surface area (Å²) in [5, 5.41) is 0.725. The zero-order chi connectivity index (χ0) is 14.0. The third-order valence-corrected chi connectivity index (χ3v) is 3.76. The van der Waals surface area contributed by atoms with Gasteiger partial charge in [0.15, 0.2) is 11.5 Å². The molecule has 1 aromatic rings. The third-order valence-electron chi connectivity index (χ3n) is 3.43. The molecule has 0 saturated heterocycles. The van der Waals surface area contributed by atoms with Gasteiger partial charge in [0.25, 0.3) is 0 Å². The fourth-order valence-electron chi connectivity index (χ4n) is 2.15. The van der Waals surface area contributed by atoms with Gasteiger partial charge in [-0.15, -0.1) is 0 Å². The molecule has 1 heterocycles. The molecule has 1 unspecified atom stereocenters. The summed E-state index contributed by atoms with van der Waals surface area (Å²) in [4.78, 5) is 0. The summed E-state index contributed by atoms with van der Waals surface area (Å²) >= 11 is 6.34. The SMILES string of the molecule is CC(CCN)c1cc2c(cc1Cl)OCC(C)(C)CO2. The summed E-state index contributed by atoms with van der Waals surface area (Å²) < 4.78 is 11.7. The lowest BCUT2D eigenvalue weighted by atomic mass is 9.97. The maximum absolute atomic E-state index is 6.34. The molecule has 0 fully saturated rings. The van der Waals surface area contributed by atoms with Crippen LogP contribution in [0.1, 0.15) is 38.7 Å². The van der Waals surface area contributed by atoms with Crippen molar-refractivity contribution in [1.82, 2.24) is 0 Å². The van der Waals surface area contributed by atoms with Crippen molar-refractivity contribution in [3.63, 3.8) is 0 Å². The van der Waals surface area contributed by atoms with Crippen molar-refractivity contribution in [1.29, 1.82) is 0 Å². The van der Waals surface area contributed by atoms with Gasteiger partial charge in [0.1, 0.15) is 0 Å². The zero-order valence-corrected chi connectivity index (χ0v) is 12.6. The molecule has 0 saturated carbocycles. The molecular weight excluding hydrogens is 262 g/mol. The van der Waals surface area contributed by atoms with Crippen LogP contribution in [-0.4, -0.2) is 19.8 Å². The van der Waals surface area contributed by atoms with Crippen LogP contribution in [-0.2, 0) is 0 Å². The Bertz CT molecular complexity index is 460. The average molecular weight is 284 g/mol. The van der Waals surface area contributed by atoms with Gasteiger partial charge >= 0.3 is 0 Å². The highest BCUT2D eigenvalue weighted by Gasteiger charge is 2.26. The minimum Gasteiger partial charge on any atom is -0.489 e. The lowest BCUT2D eigenvalue weighted by molar-refractivity contribution is 0.140. The summed E-state index contributed by atoms with van der Waals surface area (Å²) in [5.41, 5.74) is 6.70. The Labute approximate surface area is 120 Å². The highest BCUT2D eigenvalue weighted by Crippen LogP contribution is 2.40. The standard InChI is InChI=1S/C15H22ClNO2/c1-10(4-5-17)11-6-13-14(7-12(11)16)19-9-15(2,3)8-18-13/h6-7,10H,4-5,8-9,17H2,1-3H3. The van der Waals surface area contributed by atoms with E-state index in [0.29, 0.717) is 25.7 Å². The lowest BCUT2D eigenvalue weighted by Crippen LogP contribution is -2.26. The maximum Gasteiger partial charge on any atom is 0.162 e. The Morgan fingerprint density at radius 2 is 1.84 bits per heavy atom. The predicted octanol–water partition coefficient (Wildman–Crippen LogP) is 3.59. The van der Waals surface area contributed by atoms with Crippen molar-refractivity contribution >= 4 is 11.6 Å². The zero-order valence-electron chi connectivity index (χ0n) is 11.8. The molecule has 0 bridgehead atoms. The Morgan fingerprint density at radius 1 is 1.26 bits per heavy atom. The second-order valence-electron chi connectivity index (χ2n) is 6.04. The predicted molar refractivity (Wildman–Crippen MR) is 78.3 cm³/mol. The number of halogens is 1. The monoisotopic (exact) mass is 283 g/mol.